The average molecular weight is 297 g/mol. The average Bonchev–Trinajstić information content (AvgIpc) is 3.27. The highest BCUT2D eigenvalue weighted by Crippen LogP contribution is 2.30. The molecular formula is C15H20FNO2S. The predicted molar refractivity (Wildman–Crippen MR) is 80.1 cm³/mol. The molecule has 1 aromatic carbocycles. The van der Waals surface area contributed by atoms with Crippen molar-refractivity contribution in [2.24, 2.45) is 10.3 Å². The third kappa shape index (κ3) is 5.13. The van der Waals surface area contributed by atoms with Gasteiger partial charge >= 0.3 is 0 Å². The van der Waals surface area contributed by atoms with Crippen molar-refractivity contribution in [1.82, 2.24) is 0 Å². The molecule has 1 aliphatic carbocycles. The van der Waals surface area contributed by atoms with E-state index in [0.717, 1.165) is 12.8 Å². The molecule has 5 heteroatoms. The fraction of sp³-hybridized carbons (Fsp3) is 0.533. The van der Waals surface area contributed by atoms with E-state index in [9.17, 15) is 8.94 Å². The Bertz CT molecular complexity index is 463. The van der Waals surface area contributed by atoms with Crippen LogP contribution in [-0.4, -0.2) is 23.1 Å². The molecule has 0 aromatic heterocycles. The van der Waals surface area contributed by atoms with E-state index in [-0.39, 0.29) is 11.6 Å². The summed E-state index contributed by atoms with van der Waals surface area (Å²) < 4.78 is 34.6. The van der Waals surface area contributed by atoms with E-state index in [2.05, 4.69) is 4.40 Å². The number of nitrogens with zero attached hydrogens (tertiary/aromatic N) is 1. The maximum Gasteiger partial charge on any atom is 0.165 e. The molecule has 0 aliphatic heterocycles. The summed E-state index contributed by atoms with van der Waals surface area (Å²) in [7, 11) is 0. The van der Waals surface area contributed by atoms with Crippen molar-refractivity contribution in [1.29, 1.82) is 0 Å². The van der Waals surface area contributed by atoms with E-state index in [0.29, 0.717) is 23.8 Å². The molecule has 3 nitrogen and oxygen atoms in total. The van der Waals surface area contributed by atoms with Gasteiger partial charge in [-0.25, -0.2) is 4.39 Å². The lowest BCUT2D eigenvalue weighted by Gasteiger charge is -2.07. The van der Waals surface area contributed by atoms with E-state index in [1.54, 1.807) is 12.1 Å². The Morgan fingerprint density at radius 2 is 2.30 bits per heavy atom. The molecule has 1 atom stereocenters. The van der Waals surface area contributed by atoms with Gasteiger partial charge in [0.2, 0.25) is 0 Å². The zero-order valence-electron chi connectivity index (χ0n) is 11.7. The van der Waals surface area contributed by atoms with Crippen LogP contribution in [0.15, 0.2) is 22.6 Å². The quantitative estimate of drug-likeness (QED) is 0.544. The summed E-state index contributed by atoms with van der Waals surface area (Å²) in [6.07, 6.45) is 5.74. The summed E-state index contributed by atoms with van der Waals surface area (Å²) in [6, 6.07) is 4.58. The molecule has 0 N–H and O–H groups in total. The first-order valence-corrected chi connectivity index (χ1v) is 8.31. The van der Waals surface area contributed by atoms with Gasteiger partial charge in [0, 0.05) is 5.56 Å². The first-order chi connectivity index (χ1) is 9.69. The topological polar surface area (TPSA) is 44.7 Å². The molecule has 0 spiro atoms. The van der Waals surface area contributed by atoms with Gasteiger partial charge < -0.3 is 9.29 Å². The summed E-state index contributed by atoms with van der Waals surface area (Å²) in [6.45, 7) is 2.62. The lowest BCUT2D eigenvalue weighted by molar-refractivity contribution is 0.285. The molecule has 0 saturated heterocycles. The van der Waals surface area contributed by atoms with E-state index in [1.807, 2.05) is 6.92 Å². The smallest absolute Gasteiger partial charge is 0.165 e. The summed E-state index contributed by atoms with van der Waals surface area (Å²) in [5, 5.41) is 0. The molecule has 1 unspecified atom stereocenters. The number of hydrogen-bond acceptors (Lipinski definition) is 3. The second-order valence-electron chi connectivity index (χ2n) is 5.06. The lowest BCUT2D eigenvalue weighted by atomic mass is 10.2. The van der Waals surface area contributed by atoms with Gasteiger partial charge in [0.15, 0.2) is 11.6 Å². The van der Waals surface area contributed by atoms with Gasteiger partial charge in [-0.05, 0) is 37.3 Å². The predicted octanol–water partition coefficient (Wildman–Crippen LogP) is 3.50. The minimum Gasteiger partial charge on any atom is -0.591 e. The van der Waals surface area contributed by atoms with Crippen LogP contribution in [0, 0.1) is 11.7 Å². The Labute approximate surface area is 122 Å². The van der Waals surface area contributed by atoms with Crippen LogP contribution in [-0.2, 0) is 11.4 Å². The summed E-state index contributed by atoms with van der Waals surface area (Å²) in [5.74, 6) is 1.03. The van der Waals surface area contributed by atoms with Gasteiger partial charge in [-0.15, -0.1) is 0 Å². The molecule has 110 valence electrons. The Morgan fingerprint density at radius 3 is 3.00 bits per heavy atom. The Kier molecular flexibility index (Phi) is 5.86. The van der Waals surface area contributed by atoms with Crippen molar-refractivity contribution in [3.63, 3.8) is 0 Å². The van der Waals surface area contributed by atoms with Gasteiger partial charge in [-0.3, -0.25) is 0 Å². The van der Waals surface area contributed by atoms with Crippen LogP contribution in [0.1, 0.15) is 38.2 Å². The number of benzene rings is 1. The van der Waals surface area contributed by atoms with Crippen molar-refractivity contribution >= 4 is 17.6 Å². The molecule has 2 rings (SSSR count). The molecule has 1 fully saturated rings. The highest BCUT2D eigenvalue weighted by Gasteiger charge is 2.22. The molecule has 0 radical (unpaired) electrons. The fourth-order valence-corrected chi connectivity index (χ4v) is 2.52. The SMILES string of the molecule is CCCC[S+]([O-])N=Cc1ccc(F)c(OCC2CC2)c1. The van der Waals surface area contributed by atoms with Crippen molar-refractivity contribution in [3.8, 4) is 5.75 Å². The Balaban J connectivity index is 1.93. The van der Waals surface area contributed by atoms with Crippen LogP contribution in [0.25, 0.3) is 0 Å². The number of rotatable bonds is 8. The van der Waals surface area contributed by atoms with Gasteiger partial charge in [-0.2, -0.15) is 0 Å². The fourth-order valence-electron chi connectivity index (χ4n) is 1.64. The zero-order valence-corrected chi connectivity index (χ0v) is 12.5. The van der Waals surface area contributed by atoms with E-state index in [4.69, 9.17) is 4.74 Å². The monoisotopic (exact) mass is 297 g/mol. The summed E-state index contributed by atoms with van der Waals surface area (Å²) >= 11 is -1.20. The number of hydrogen-bond donors (Lipinski definition) is 0. The van der Waals surface area contributed by atoms with Gasteiger partial charge in [-0.1, -0.05) is 23.8 Å². The number of ether oxygens (including phenoxy) is 1. The third-order valence-electron chi connectivity index (χ3n) is 3.12. The lowest BCUT2D eigenvalue weighted by Crippen LogP contribution is -2.03. The second-order valence-corrected chi connectivity index (χ2v) is 6.32. The molecule has 1 aromatic rings. The van der Waals surface area contributed by atoms with Crippen LogP contribution in [0.2, 0.25) is 0 Å². The minimum atomic E-state index is -1.20. The van der Waals surface area contributed by atoms with Crippen molar-refractivity contribution in [2.75, 3.05) is 12.4 Å². The minimum absolute atomic E-state index is 0.250. The molecule has 0 heterocycles. The van der Waals surface area contributed by atoms with E-state index >= 15 is 0 Å². The highest BCUT2D eigenvalue weighted by molar-refractivity contribution is 7.90. The van der Waals surface area contributed by atoms with Crippen LogP contribution < -0.4 is 4.74 Å². The standard InChI is InChI=1S/C15H20FNO2S/c1-2-3-8-20(18)17-10-13-6-7-14(16)15(9-13)19-11-12-4-5-12/h6-7,9-10,12H,2-5,8,11H2,1H3. The zero-order chi connectivity index (χ0) is 14.4. The Morgan fingerprint density at radius 1 is 1.50 bits per heavy atom. The largest absolute Gasteiger partial charge is 0.591 e. The maximum atomic E-state index is 13.6. The van der Waals surface area contributed by atoms with Crippen molar-refractivity contribution in [2.45, 2.75) is 32.6 Å². The molecule has 1 aliphatic rings. The van der Waals surface area contributed by atoms with Crippen LogP contribution in [0.5, 0.6) is 5.75 Å². The normalized spacial score (nSPS) is 16.6. The van der Waals surface area contributed by atoms with Crippen molar-refractivity contribution in [3.05, 3.63) is 29.6 Å². The molecule has 0 amide bonds. The Hall–Kier alpha value is -1.07. The third-order valence-corrected chi connectivity index (χ3v) is 4.10. The molecular weight excluding hydrogens is 277 g/mol. The number of unbranched alkanes of at least 4 members (excludes halogenated alkanes) is 1. The van der Waals surface area contributed by atoms with Crippen LogP contribution in [0.3, 0.4) is 0 Å². The van der Waals surface area contributed by atoms with Crippen LogP contribution >= 0.6 is 0 Å². The highest BCUT2D eigenvalue weighted by atomic mass is 32.2. The summed E-state index contributed by atoms with van der Waals surface area (Å²) in [4.78, 5) is 0. The molecule has 20 heavy (non-hydrogen) atoms. The van der Waals surface area contributed by atoms with Crippen molar-refractivity contribution < 1.29 is 13.7 Å². The summed E-state index contributed by atoms with van der Waals surface area (Å²) in [5.41, 5.74) is 0.710. The number of halogens is 1. The van der Waals surface area contributed by atoms with Crippen LogP contribution in [0.4, 0.5) is 4.39 Å². The molecule has 0 bridgehead atoms. The van der Waals surface area contributed by atoms with Gasteiger partial charge in [0.05, 0.1) is 24.2 Å². The van der Waals surface area contributed by atoms with Gasteiger partial charge in [0.25, 0.3) is 0 Å². The van der Waals surface area contributed by atoms with E-state index < -0.39 is 11.4 Å². The van der Waals surface area contributed by atoms with E-state index in [1.165, 1.54) is 25.1 Å². The second kappa shape index (κ2) is 7.64. The maximum absolute atomic E-state index is 13.6. The first-order valence-electron chi connectivity index (χ1n) is 7.04. The first kappa shape index (κ1) is 15.3. The molecule has 1 saturated carbocycles. The van der Waals surface area contributed by atoms with Gasteiger partial charge in [0.1, 0.15) is 5.75 Å².